The van der Waals surface area contributed by atoms with Crippen molar-refractivity contribution in [1.82, 2.24) is 5.32 Å². The summed E-state index contributed by atoms with van der Waals surface area (Å²) in [7, 11) is 1.36. The Labute approximate surface area is 143 Å². The van der Waals surface area contributed by atoms with Gasteiger partial charge in [-0.2, -0.15) is 0 Å². The molecule has 1 aromatic carbocycles. The summed E-state index contributed by atoms with van der Waals surface area (Å²) in [5.41, 5.74) is 2.05. The van der Waals surface area contributed by atoms with Crippen LogP contribution in [0, 0.1) is 0 Å². The molecular weight excluding hydrogens is 343 g/mol. The number of nitrogens with zero attached hydrogens (tertiary/aromatic N) is 1. The average Bonchev–Trinajstić information content (AvgIpc) is 2.51. The quantitative estimate of drug-likeness (QED) is 0.822. The monoisotopic (exact) mass is 358 g/mol. The molecule has 0 spiro atoms. The van der Waals surface area contributed by atoms with Gasteiger partial charge in [0.05, 0.1) is 12.7 Å². The third-order valence-electron chi connectivity index (χ3n) is 3.26. The number of methoxy groups -OCH3 is 1. The lowest BCUT2D eigenvalue weighted by Gasteiger charge is -2.26. The summed E-state index contributed by atoms with van der Waals surface area (Å²) in [6, 6.07) is 4.69. The van der Waals surface area contributed by atoms with Crippen LogP contribution in [0.2, 0.25) is 10.0 Å². The molecule has 0 amide bonds. The summed E-state index contributed by atoms with van der Waals surface area (Å²) in [5.74, 6) is -0.408. The molecule has 4 nitrogen and oxygen atoms in total. The minimum absolute atomic E-state index is 0.408. The molecule has 1 aliphatic rings. The van der Waals surface area contributed by atoms with E-state index in [-0.39, 0.29) is 0 Å². The van der Waals surface area contributed by atoms with Gasteiger partial charge in [-0.3, -0.25) is 0 Å². The number of aliphatic imine (C=N–C) groups is 1. The first-order valence-electron chi connectivity index (χ1n) is 6.66. The molecule has 1 atom stereocenters. The van der Waals surface area contributed by atoms with Crippen molar-refractivity contribution in [2.45, 2.75) is 19.4 Å². The molecule has 118 valence electrons. The Hall–Kier alpha value is -1.17. The molecule has 1 aromatic rings. The van der Waals surface area contributed by atoms with E-state index in [1.807, 2.05) is 13.2 Å². The Morgan fingerprint density at radius 1 is 1.36 bits per heavy atom. The van der Waals surface area contributed by atoms with Crippen molar-refractivity contribution >= 4 is 46.1 Å². The zero-order valence-electron chi connectivity index (χ0n) is 12.4. The van der Waals surface area contributed by atoms with Crippen LogP contribution in [-0.4, -0.2) is 24.5 Å². The predicted molar refractivity (Wildman–Crippen MR) is 92.6 cm³/mol. The molecule has 1 heterocycles. The predicted octanol–water partition coefficient (Wildman–Crippen LogP) is 4.19. The largest absolute Gasteiger partial charge is 0.466 e. The number of amidine groups is 1. The number of esters is 1. The normalized spacial score (nSPS) is 17.9. The number of rotatable bonds is 3. The van der Waals surface area contributed by atoms with Crippen molar-refractivity contribution in [3.05, 3.63) is 45.1 Å². The summed E-state index contributed by atoms with van der Waals surface area (Å²) < 4.78 is 4.92. The lowest BCUT2D eigenvalue weighted by molar-refractivity contribution is -0.136. The highest BCUT2D eigenvalue weighted by Crippen LogP contribution is 2.35. The minimum atomic E-state index is -0.484. The summed E-state index contributed by atoms with van der Waals surface area (Å²) in [6.07, 6.45) is 2.58. The highest BCUT2D eigenvalue weighted by atomic mass is 35.5. The number of thioether (sulfide) groups is 1. The Kier molecular flexibility index (Phi) is 5.78. The van der Waals surface area contributed by atoms with Gasteiger partial charge in [-0.1, -0.05) is 41.9 Å². The van der Waals surface area contributed by atoms with Crippen LogP contribution < -0.4 is 5.32 Å². The molecule has 1 unspecified atom stereocenters. The molecule has 0 radical (unpaired) electrons. The van der Waals surface area contributed by atoms with Gasteiger partial charge < -0.3 is 10.1 Å². The van der Waals surface area contributed by atoms with E-state index in [9.17, 15) is 4.79 Å². The smallest absolute Gasteiger partial charge is 0.338 e. The number of hydrogen-bond acceptors (Lipinski definition) is 5. The van der Waals surface area contributed by atoms with Crippen LogP contribution >= 0.6 is 35.0 Å². The van der Waals surface area contributed by atoms with Crippen molar-refractivity contribution in [3.63, 3.8) is 0 Å². The maximum Gasteiger partial charge on any atom is 0.338 e. The fourth-order valence-electron chi connectivity index (χ4n) is 2.28. The highest BCUT2D eigenvalue weighted by Gasteiger charge is 2.31. The van der Waals surface area contributed by atoms with Crippen LogP contribution in [0.3, 0.4) is 0 Å². The number of allylic oxidation sites excluding steroid dienone is 1. The van der Waals surface area contributed by atoms with Gasteiger partial charge >= 0.3 is 5.97 Å². The van der Waals surface area contributed by atoms with Crippen LogP contribution in [0.1, 0.15) is 24.9 Å². The summed E-state index contributed by atoms with van der Waals surface area (Å²) in [4.78, 5) is 16.8. The van der Waals surface area contributed by atoms with Gasteiger partial charge in [-0.15, -0.1) is 0 Å². The van der Waals surface area contributed by atoms with Gasteiger partial charge in [0.1, 0.15) is 6.04 Å². The minimum Gasteiger partial charge on any atom is -0.466 e. The topological polar surface area (TPSA) is 50.7 Å². The molecule has 1 aliphatic heterocycles. The van der Waals surface area contributed by atoms with E-state index in [0.717, 1.165) is 16.4 Å². The fraction of sp³-hybridized carbons (Fsp3) is 0.333. The van der Waals surface area contributed by atoms with Crippen LogP contribution in [0.15, 0.2) is 34.5 Å². The molecule has 0 fully saturated rings. The molecule has 0 saturated carbocycles. The van der Waals surface area contributed by atoms with E-state index in [4.69, 9.17) is 27.9 Å². The molecule has 7 heteroatoms. The maximum atomic E-state index is 12.2. The Balaban J connectivity index is 2.59. The van der Waals surface area contributed by atoms with E-state index in [1.165, 1.54) is 18.9 Å². The van der Waals surface area contributed by atoms with E-state index in [1.54, 1.807) is 18.2 Å². The van der Waals surface area contributed by atoms with Crippen LogP contribution in [-0.2, 0) is 9.53 Å². The van der Waals surface area contributed by atoms with Gasteiger partial charge in [0.25, 0.3) is 0 Å². The average molecular weight is 359 g/mol. The van der Waals surface area contributed by atoms with E-state index >= 15 is 0 Å². The van der Waals surface area contributed by atoms with E-state index in [2.05, 4.69) is 10.3 Å². The fourth-order valence-corrected chi connectivity index (χ4v) is 3.26. The van der Waals surface area contributed by atoms with Crippen LogP contribution in [0.4, 0.5) is 0 Å². The number of nitrogens with one attached hydrogen (secondary N) is 1. The summed E-state index contributed by atoms with van der Waals surface area (Å²) in [6.45, 7) is 1.97. The molecular formula is C15H16Cl2N2O2S. The Morgan fingerprint density at radius 3 is 2.50 bits per heavy atom. The van der Waals surface area contributed by atoms with Gasteiger partial charge in [-0.25, -0.2) is 9.79 Å². The van der Waals surface area contributed by atoms with Gasteiger partial charge in [-0.05, 0) is 36.4 Å². The van der Waals surface area contributed by atoms with Gasteiger partial charge in [0.15, 0.2) is 5.17 Å². The lowest BCUT2D eigenvalue weighted by Crippen LogP contribution is -2.31. The number of ether oxygens (including phenoxy) is 1. The van der Waals surface area contributed by atoms with E-state index < -0.39 is 12.0 Å². The number of carbonyl (C=O) groups is 1. The number of benzene rings is 1. The van der Waals surface area contributed by atoms with Gasteiger partial charge in [0, 0.05) is 15.7 Å². The highest BCUT2D eigenvalue weighted by molar-refractivity contribution is 8.13. The summed E-state index contributed by atoms with van der Waals surface area (Å²) in [5, 5.41) is 4.92. The first kappa shape index (κ1) is 17.2. The molecule has 22 heavy (non-hydrogen) atoms. The third-order valence-corrected chi connectivity index (χ3v) is 4.29. The first-order valence-corrected chi connectivity index (χ1v) is 8.64. The van der Waals surface area contributed by atoms with Crippen molar-refractivity contribution in [1.29, 1.82) is 0 Å². The Morgan fingerprint density at radius 2 is 2.00 bits per heavy atom. The second kappa shape index (κ2) is 7.40. The zero-order chi connectivity index (χ0) is 16.3. The number of hydrogen-bond donors (Lipinski definition) is 1. The van der Waals surface area contributed by atoms with E-state index in [0.29, 0.717) is 22.0 Å². The molecule has 1 N–H and O–H groups in total. The molecule has 0 aromatic heterocycles. The first-order chi connectivity index (χ1) is 10.5. The Bertz CT molecular complexity index is 639. The van der Waals surface area contributed by atoms with Crippen molar-refractivity contribution < 1.29 is 9.53 Å². The standard InChI is InChI=1S/C15H16Cl2N2O2S/c1-4-11-12(14(20)21-2)13(19-15(18-11)22-3)8-5-9(16)7-10(17)6-8/h5-7,13H,4H2,1-3H3,(H,18,19). The second-order valence-corrected chi connectivity index (χ2v) is 6.27. The van der Waals surface area contributed by atoms with Crippen LogP contribution in [0.5, 0.6) is 0 Å². The number of halogens is 2. The van der Waals surface area contributed by atoms with Crippen molar-refractivity contribution in [2.24, 2.45) is 4.99 Å². The van der Waals surface area contributed by atoms with Crippen molar-refractivity contribution in [2.75, 3.05) is 13.4 Å². The van der Waals surface area contributed by atoms with Crippen LogP contribution in [0.25, 0.3) is 0 Å². The maximum absolute atomic E-state index is 12.2. The lowest BCUT2D eigenvalue weighted by atomic mass is 9.95. The molecule has 2 rings (SSSR count). The zero-order valence-corrected chi connectivity index (χ0v) is 14.8. The molecule has 0 bridgehead atoms. The molecule has 0 saturated heterocycles. The third kappa shape index (κ3) is 3.59. The molecule has 0 aliphatic carbocycles. The van der Waals surface area contributed by atoms with Crippen molar-refractivity contribution in [3.8, 4) is 0 Å². The second-order valence-electron chi connectivity index (χ2n) is 4.61. The summed E-state index contributed by atoms with van der Waals surface area (Å²) >= 11 is 13.6. The number of carbonyl (C=O) groups excluding carboxylic acids is 1. The van der Waals surface area contributed by atoms with Gasteiger partial charge in [0.2, 0.25) is 0 Å². The SMILES string of the molecule is CCC1=C(C(=O)OC)C(c2cc(Cl)cc(Cl)c2)N=C(SC)N1.